The van der Waals surface area contributed by atoms with Crippen molar-refractivity contribution >= 4 is 11.7 Å². The van der Waals surface area contributed by atoms with Gasteiger partial charge in [-0.3, -0.25) is 9.59 Å². The minimum Gasteiger partial charge on any atom is -0.481 e. The Bertz CT molecular complexity index is 489. The van der Waals surface area contributed by atoms with Crippen LogP contribution in [0.2, 0.25) is 0 Å². The smallest absolute Gasteiger partial charge is 0.260 e. The molecule has 1 aliphatic carbocycles. The zero-order valence-corrected chi connectivity index (χ0v) is 12.7. The van der Waals surface area contributed by atoms with Crippen molar-refractivity contribution in [1.29, 1.82) is 0 Å². The number of Topliss-reactive ketones (excluding diaryl/α,β-unsaturated/α-hetero) is 1. The molecule has 0 saturated heterocycles. The summed E-state index contributed by atoms with van der Waals surface area (Å²) in [4.78, 5) is 23.6. The average Bonchev–Trinajstić information content (AvgIpc) is 3.00. The third-order valence-corrected chi connectivity index (χ3v) is 3.88. The van der Waals surface area contributed by atoms with E-state index in [1.807, 2.05) is 6.92 Å². The number of ether oxygens (including phenoxy) is 1. The molecule has 1 atom stereocenters. The molecule has 4 heteroatoms. The summed E-state index contributed by atoms with van der Waals surface area (Å²) in [7, 11) is 0. The van der Waals surface area contributed by atoms with Gasteiger partial charge in [-0.1, -0.05) is 19.8 Å². The van der Waals surface area contributed by atoms with E-state index in [0.29, 0.717) is 23.8 Å². The first kappa shape index (κ1) is 15.5. The monoisotopic (exact) mass is 289 g/mol. The van der Waals surface area contributed by atoms with Gasteiger partial charge in [-0.15, -0.1) is 0 Å². The van der Waals surface area contributed by atoms with Gasteiger partial charge < -0.3 is 10.1 Å². The maximum absolute atomic E-state index is 12.0. The van der Waals surface area contributed by atoms with Crippen LogP contribution in [-0.4, -0.2) is 23.8 Å². The Morgan fingerprint density at radius 1 is 1.24 bits per heavy atom. The number of carbonyl (C=O) groups excluding carboxylic acids is 2. The van der Waals surface area contributed by atoms with Gasteiger partial charge in [0.25, 0.3) is 5.91 Å². The van der Waals surface area contributed by atoms with Crippen molar-refractivity contribution in [3.8, 4) is 5.75 Å². The van der Waals surface area contributed by atoms with E-state index in [1.165, 1.54) is 12.8 Å². The summed E-state index contributed by atoms with van der Waals surface area (Å²) in [6.07, 6.45) is 4.46. The Morgan fingerprint density at radius 2 is 1.86 bits per heavy atom. The van der Waals surface area contributed by atoms with E-state index in [0.717, 1.165) is 12.8 Å². The number of rotatable bonds is 6. The highest BCUT2D eigenvalue weighted by Gasteiger charge is 2.21. The number of nitrogens with one attached hydrogen (secondary N) is 1. The molecule has 0 aliphatic heterocycles. The van der Waals surface area contributed by atoms with Crippen molar-refractivity contribution < 1.29 is 14.3 Å². The highest BCUT2D eigenvalue weighted by atomic mass is 16.5. The number of ketones is 1. The fourth-order valence-electron chi connectivity index (χ4n) is 2.57. The Labute approximate surface area is 125 Å². The molecule has 0 radical (unpaired) electrons. The number of carbonyl (C=O) groups is 2. The van der Waals surface area contributed by atoms with Crippen molar-refractivity contribution in [2.45, 2.75) is 58.1 Å². The molecule has 0 spiro atoms. The topological polar surface area (TPSA) is 55.4 Å². The van der Waals surface area contributed by atoms with Crippen LogP contribution in [-0.2, 0) is 4.79 Å². The van der Waals surface area contributed by atoms with Gasteiger partial charge in [0, 0.05) is 18.0 Å². The molecule has 4 nitrogen and oxygen atoms in total. The van der Waals surface area contributed by atoms with Crippen LogP contribution in [0.5, 0.6) is 5.75 Å². The standard InChI is InChI=1S/C17H23NO3/c1-3-16(19)13-8-10-15(11-9-13)21-12(2)17(20)18-14-6-4-5-7-14/h8-12,14H,3-7H2,1-2H3,(H,18,20)/t12-/m1/s1. The molecular weight excluding hydrogens is 266 g/mol. The maximum atomic E-state index is 12.0. The molecule has 0 unspecified atom stereocenters. The molecule has 1 aliphatic rings. The van der Waals surface area contributed by atoms with Gasteiger partial charge in [0.2, 0.25) is 0 Å². The molecule has 1 amide bonds. The summed E-state index contributed by atoms with van der Waals surface area (Å²) in [6, 6.07) is 7.25. The van der Waals surface area contributed by atoms with Crippen LogP contribution in [0.3, 0.4) is 0 Å². The minimum atomic E-state index is -0.529. The first-order valence-corrected chi connectivity index (χ1v) is 7.70. The Balaban J connectivity index is 1.87. The summed E-state index contributed by atoms with van der Waals surface area (Å²) in [5, 5.41) is 3.02. The van der Waals surface area contributed by atoms with Crippen LogP contribution in [0.4, 0.5) is 0 Å². The highest BCUT2D eigenvalue weighted by molar-refractivity contribution is 5.95. The van der Waals surface area contributed by atoms with Gasteiger partial charge >= 0.3 is 0 Å². The molecule has 2 rings (SSSR count). The number of benzene rings is 1. The van der Waals surface area contributed by atoms with Crippen LogP contribution in [0, 0.1) is 0 Å². The van der Waals surface area contributed by atoms with Crippen LogP contribution in [0.15, 0.2) is 24.3 Å². The van der Waals surface area contributed by atoms with Crippen LogP contribution in [0.25, 0.3) is 0 Å². The third-order valence-electron chi connectivity index (χ3n) is 3.88. The van der Waals surface area contributed by atoms with E-state index < -0.39 is 6.10 Å². The molecule has 0 aromatic heterocycles. The predicted molar refractivity (Wildman–Crippen MR) is 81.6 cm³/mol. The van der Waals surface area contributed by atoms with Gasteiger partial charge in [-0.2, -0.15) is 0 Å². The van der Waals surface area contributed by atoms with Crippen LogP contribution >= 0.6 is 0 Å². The predicted octanol–water partition coefficient (Wildman–Crippen LogP) is 3.11. The zero-order valence-electron chi connectivity index (χ0n) is 12.7. The SMILES string of the molecule is CCC(=O)c1ccc(O[C@H](C)C(=O)NC2CCCC2)cc1. The number of hydrogen-bond donors (Lipinski definition) is 1. The van der Waals surface area contributed by atoms with Crippen molar-refractivity contribution in [3.63, 3.8) is 0 Å². The lowest BCUT2D eigenvalue weighted by Gasteiger charge is -2.18. The average molecular weight is 289 g/mol. The molecule has 1 aromatic carbocycles. The summed E-state index contributed by atoms with van der Waals surface area (Å²) in [6.45, 7) is 3.58. The molecule has 0 bridgehead atoms. The molecule has 1 fully saturated rings. The van der Waals surface area contributed by atoms with E-state index in [4.69, 9.17) is 4.74 Å². The lowest BCUT2D eigenvalue weighted by Crippen LogP contribution is -2.41. The third kappa shape index (κ3) is 4.31. The summed E-state index contributed by atoms with van der Waals surface area (Å²) in [5.74, 6) is 0.640. The fourth-order valence-corrected chi connectivity index (χ4v) is 2.57. The van der Waals surface area contributed by atoms with E-state index in [2.05, 4.69) is 5.32 Å². The molecular formula is C17H23NO3. The lowest BCUT2D eigenvalue weighted by molar-refractivity contribution is -0.127. The van der Waals surface area contributed by atoms with Crippen molar-refractivity contribution in [3.05, 3.63) is 29.8 Å². The molecule has 114 valence electrons. The Hall–Kier alpha value is -1.84. The molecule has 21 heavy (non-hydrogen) atoms. The first-order chi connectivity index (χ1) is 10.1. The second kappa shape index (κ2) is 7.25. The quantitative estimate of drug-likeness (QED) is 0.819. The highest BCUT2D eigenvalue weighted by Crippen LogP contribution is 2.18. The second-order valence-corrected chi connectivity index (χ2v) is 5.55. The Morgan fingerprint density at radius 3 is 2.43 bits per heavy atom. The molecule has 1 saturated carbocycles. The van der Waals surface area contributed by atoms with Gasteiger partial charge in [-0.05, 0) is 44.0 Å². The minimum absolute atomic E-state index is 0.0735. The second-order valence-electron chi connectivity index (χ2n) is 5.55. The molecule has 1 aromatic rings. The van der Waals surface area contributed by atoms with Crippen molar-refractivity contribution in [2.75, 3.05) is 0 Å². The summed E-state index contributed by atoms with van der Waals surface area (Å²) < 4.78 is 5.63. The number of hydrogen-bond acceptors (Lipinski definition) is 3. The first-order valence-electron chi connectivity index (χ1n) is 7.70. The fraction of sp³-hybridized carbons (Fsp3) is 0.529. The van der Waals surface area contributed by atoms with Gasteiger partial charge in [-0.25, -0.2) is 0 Å². The normalized spacial score (nSPS) is 16.5. The van der Waals surface area contributed by atoms with E-state index in [9.17, 15) is 9.59 Å². The summed E-state index contributed by atoms with van der Waals surface area (Å²) in [5.41, 5.74) is 0.674. The van der Waals surface area contributed by atoms with Crippen LogP contribution in [0.1, 0.15) is 56.3 Å². The van der Waals surface area contributed by atoms with Crippen LogP contribution < -0.4 is 10.1 Å². The molecule has 1 N–H and O–H groups in total. The van der Waals surface area contributed by atoms with E-state index in [-0.39, 0.29) is 11.7 Å². The van der Waals surface area contributed by atoms with Gasteiger partial charge in [0.15, 0.2) is 11.9 Å². The van der Waals surface area contributed by atoms with E-state index >= 15 is 0 Å². The Kier molecular flexibility index (Phi) is 5.37. The van der Waals surface area contributed by atoms with Crippen molar-refractivity contribution in [1.82, 2.24) is 5.32 Å². The summed E-state index contributed by atoms with van der Waals surface area (Å²) >= 11 is 0. The van der Waals surface area contributed by atoms with Crippen molar-refractivity contribution in [2.24, 2.45) is 0 Å². The van der Waals surface area contributed by atoms with Gasteiger partial charge in [0.05, 0.1) is 0 Å². The maximum Gasteiger partial charge on any atom is 0.260 e. The van der Waals surface area contributed by atoms with E-state index in [1.54, 1.807) is 31.2 Å². The largest absolute Gasteiger partial charge is 0.481 e. The zero-order chi connectivity index (χ0) is 15.2. The lowest BCUT2D eigenvalue weighted by atomic mass is 10.1. The number of amides is 1. The molecule has 0 heterocycles. The van der Waals surface area contributed by atoms with Gasteiger partial charge in [0.1, 0.15) is 5.75 Å².